The summed E-state index contributed by atoms with van der Waals surface area (Å²) in [4.78, 5) is 0. The predicted octanol–water partition coefficient (Wildman–Crippen LogP) is 10.9. The molecule has 0 amide bonds. The van der Waals surface area contributed by atoms with Gasteiger partial charge < -0.3 is 0 Å². The van der Waals surface area contributed by atoms with Crippen molar-refractivity contribution in [2.75, 3.05) is 0 Å². The van der Waals surface area contributed by atoms with E-state index < -0.39 is 30.0 Å². The van der Waals surface area contributed by atoms with Gasteiger partial charge in [-0.25, -0.2) is 40.7 Å². The first-order chi connectivity index (χ1) is 20.5. The van der Waals surface area contributed by atoms with Crippen LogP contribution in [0.1, 0.15) is 166 Å². The number of nitrogens with zero attached hydrogens (tertiary/aromatic N) is 4. The molecule has 0 spiro atoms. The van der Waals surface area contributed by atoms with Gasteiger partial charge in [0.2, 0.25) is 30.0 Å². The molecule has 1 aliphatic rings. The first kappa shape index (κ1) is 46.6. The minimum Gasteiger partial charge on any atom is -0.248 e. The summed E-state index contributed by atoms with van der Waals surface area (Å²) >= 11 is 0. The molecule has 0 atom stereocenters. The van der Waals surface area contributed by atoms with Crippen molar-refractivity contribution in [3.8, 4) is 0 Å². The van der Waals surface area contributed by atoms with Gasteiger partial charge in [0.1, 0.15) is 0 Å². The van der Waals surface area contributed by atoms with Gasteiger partial charge in [0.05, 0.1) is 0 Å². The van der Waals surface area contributed by atoms with Gasteiger partial charge in [0.25, 0.3) is 0 Å². The van der Waals surface area contributed by atoms with Crippen molar-refractivity contribution in [1.29, 1.82) is 0 Å². The van der Waals surface area contributed by atoms with E-state index in [2.05, 4.69) is 207 Å². The van der Waals surface area contributed by atoms with Crippen LogP contribution in [0, 0.1) is 0 Å². The lowest BCUT2D eigenvalue weighted by Crippen LogP contribution is -2.48. The Bertz CT molecular complexity index is 1030. The van der Waals surface area contributed by atoms with Crippen LogP contribution in [0.4, 0.5) is 0 Å². The lowest BCUT2D eigenvalue weighted by Gasteiger charge is -2.47. The molecule has 0 bridgehead atoms. The number of nitrogens with one attached hydrogen (secondary N) is 8. The van der Waals surface area contributed by atoms with Gasteiger partial charge in [0.15, 0.2) is 0 Å². The molecule has 0 aromatic rings. The third-order valence-electron chi connectivity index (χ3n) is 4.97. The van der Waals surface area contributed by atoms with Crippen LogP contribution in [0.2, 0.25) is 0 Å². The summed E-state index contributed by atoms with van der Waals surface area (Å²) < 4.78 is 24.1. The molecule has 0 saturated heterocycles. The first-order valence-electron chi connectivity index (χ1n) is 17.4. The highest BCUT2D eigenvalue weighted by Gasteiger charge is 2.46. The minimum atomic E-state index is -3.08. The predicted molar refractivity (Wildman–Crippen MR) is 221 cm³/mol. The largest absolute Gasteiger partial charge is 0.248 e. The molecule has 0 radical (unpaired) electrons. The molecule has 8 N–H and O–H groups in total. The van der Waals surface area contributed by atoms with Crippen molar-refractivity contribution in [1.82, 2.24) is 40.7 Å². The highest BCUT2D eigenvalue weighted by Crippen LogP contribution is 2.73. The summed E-state index contributed by atoms with van der Waals surface area (Å²) in [5.74, 6) is 0. The van der Waals surface area contributed by atoms with E-state index >= 15 is 0 Å². The molecular weight excluding hydrogens is 676 g/mol. The standard InChI is InChI=1S/C32H80N12P4/c1-25(2,3)33-45(34-26(4,5)6)41-46(35-27(7,8)9,36-28(10,11)12)43-48(39-31(19,20)21,40-32(22,23)24)44-47(42-45,37-29(13,14)15)38-30(16,17)18/h33-40H,1-24H3. The van der Waals surface area contributed by atoms with Gasteiger partial charge in [-0.1, -0.05) is 0 Å². The lowest BCUT2D eigenvalue weighted by atomic mass is 10.1. The first-order valence-corrected chi connectivity index (χ1v) is 24.2. The quantitative estimate of drug-likeness (QED) is 0.114. The van der Waals surface area contributed by atoms with E-state index in [-0.39, 0.29) is 44.3 Å². The maximum atomic E-state index is 6.03. The van der Waals surface area contributed by atoms with Crippen LogP contribution in [-0.2, 0) is 0 Å². The fourth-order valence-corrected chi connectivity index (χ4v) is 23.5. The highest BCUT2D eigenvalue weighted by molar-refractivity contribution is 7.84. The van der Waals surface area contributed by atoms with E-state index in [1.165, 1.54) is 0 Å². The van der Waals surface area contributed by atoms with Gasteiger partial charge in [-0.05, 0) is 166 Å². The Morgan fingerprint density at radius 1 is 0.208 bits per heavy atom. The number of rotatable bonds is 8. The summed E-state index contributed by atoms with van der Waals surface area (Å²) in [6.07, 6.45) is 0. The lowest BCUT2D eigenvalue weighted by molar-refractivity contribution is 0.483. The molecule has 0 unspecified atom stereocenters. The molecule has 0 aliphatic carbocycles. The van der Waals surface area contributed by atoms with Crippen LogP contribution >= 0.6 is 30.0 Å². The van der Waals surface area contributed by atoms with Crippen LogP contribution in [0.15, 0.2) is 18.1 Å². The zero-order valence-electron chi connectivity index (χ0n) is 35.6. The minimum absolute atomic E-state index is 0.351. The Morgan fingerprint density at radius 3 is 0.354 bits per heavy atom. The van der Waals surface area contributed by atoms with E-state index in [4.69, 9.17) is 18.1 Å². The summed E-state index contributed by atoms with van der Waals surface area (Å²) in [6, 6.07) is 0. The maximum Gasteiger partial charge on any atom is 0.216 e. The summed E-state index contributed by atoms with van der Waals surface area (Å²) in [6.45, 7) is 52.3. The SMILES string of the molecule is CC(C)(C)NP1(NC(C)(C)C)=NP(NC(C)(C)C)(NC(C)(C)C)=NP(NC(C)(C)C)(NC(C)(C)C)=NP(NC(C)(C)C)(NC(C)(C)C)=N1. The summed E-state index contributed by atoms with van der Waals surface area (Å²) in [5, 5.41) is 31.9. The third-order valence-corrected chi connectivity index (χ3v) is 21.1. The molecular formula is C32H80N12P4. The molecule has 288 valence electrons. The van der Waals surface area contributed by atoms with Gasteiger partial charge in [-0.15, -0.1) is 0 Å². The molecule has 0 aromatic carbocycles. The second-order valence-corrected chi connectivity index (χ2v) is 31.1. The van der Waals surface area contributed by atoms with Gasteiger partial charge in [-0.2, -0.15) is 18.1 Å². The van der Waals surface area contributed by atoms with E-state index in [0.717, 1.165) is 0 Å². The Balaban J connectivity index is 5.18. The smallest absolute Gasteiger partial charge is 0.216 e. The second kappa shape index (κ2) is 14.4. The van der Waals surface area contributed by atoms with Crippen LogP contribution in [0.3, 0.4) is 0 Å². The van der Waals surface area contributed by atoms with Crippen molar-refractivity contribution in [3.05, 3.63) is 0 Å². The van der Waals surface area contributed by atoms with Crippen LogP contribution < -0.4 is 40.7 Å². The highest BCUT2D eigenvalue weighted by atomic mass is 31.3. The topological polar surface area (TPSA) is 146 Å². The molecule has 0 aromatic heterocycles. The molecule has 12 nitrogen and oxygen atoms in total. The normalized spacial score (nSPS) is 20.8. The molecule has 1 rings (SSSR count). The number of hydrogen-bond acceptors (Lipinski definition) is 12. The zero-order valence-corrected chi connectivity index (χ0v) is 39.2. The van der Waals surface area contributed by atoms with Crippen molar-refractivity contribution in [2.45, 2.75) is 210 Å². The molecule has 1 aliphatic heterocycles. The van der Waals surface area contributed by atoms with Crippen molar-refractivity contribution in [3.63, 3.8) is 0 Å². The molecule has 0 saturated carbocycles. The molecule has 0 fully saturated rings. The summed E-state index contributed by atoms with van der Waals surface area (Å²) in [5.41, 5.74) is -2.81. The van der Waals surface area contributed by atoms with E-state index in [1.54, 1.807) is 0 Å². The third kappa shape index (κ3) is 18.4. The monoisotopic (exact) mass is 757 g/mol. The van der Waals surface area contributed by atoms with Gasteiger partial charge in [0, 0.05) is 44.3 Å². The Hall–Kier alpha value is 0.600. The van der Waals surface area contributed by atoms with Crippen molar-refractivity contribution >= 4 is 30.0 Å². The van der Waals surface area contributed by atoms with Crippen LogP contribution in [-0.4, -0.2) is 44.3 Å². The Kier molecular flexibility index (Phi) is 14.0. The average molecular weight is 757 g/mol. The van der Waals surface area contributed by atoms with Crippen LogP contribution in [0.5, 0.6) is 0 Å². The van der Waals surface area contributed by atoms with Gasteiger partial charge in [-0.3, -0.25) is 0 Å². The Labute approximate surface area is 298 Å². The molecule has 48 heavy (non-hydrogen) atoms. The summed E-state index contributed by atoms with van der Waals surface area (Å²) in [7, 11) is -12.3. The molecule has 16 heteroatoms. The van der Waals surface area contributed by atoms with E-state index in [9.17, 15) is 0 Å². The maximum absolute atomic E-state index is 6.03. The van der Waals surface area contributed by atoms with Crippen molar-refractivity contribution in [2.24, 2.45) is 18.1 Å². The van der Waals surface area contributed by atoms with Crippen molar-refractivity contribution < 1.29 is 0 Å². The Morgan fingerprint density at radius 2 is 0.292 bits per heavy atom. The number of hydrogen-bond donors (Lipinski definition) is 8. The zero-order chi connectivity index (χ0) is 38.5. The van der Waals surface area contributed by atoms with Gasteiger partial charge >= 0.3 is 0 Å². The fraction of sp³-hybridized carbons (Fsp3) is 1.00. The average Bonchev–Trinajstić information content (AvgIpc) is 2.52. The second-order valence-electron chi connectivity index (χ2n) is 21.7. The van der Waals surface area contributed by atoms with E-state index in [0.29, 0.717) is 0 Å². The van der Waals surface area contributed by atoms with E-state index in [1.807, 2.05) is 0 Å². The fourth-order valence-electron chi connectivity index (χ4n) is 5.03. The van der Waals surface area contributed by atoms with Crippen LogP contribution in [0.25, 0.3) is 0 Å². The molecule has 1 heterocycles.